The van der Waals surface area contributed by atoms with Gasteiger partial charge in [0.2, 0.25) is 0 Å². The second-order valence-electron chi connectivity index (χ2n) is 5.44. The molecule has 0 bridgehead atoms. The van der Waals surface area contributed by atoms with Crippen LogP contribution in [0.5, 0.6) is 11.5 Å². The highest BCUT2D eigenvalue weighted by molar-refractivity contribution is 5.99. The van der Waals surface area contributed by atoms with E-state index in [0.29, 0.717) is 35.9 Å². The maximum Gasteiger partial charge on any atom is 0.262 e. The van der Waals surface area contributed by atoms with Crippen LogP contribution >= 0.6 is 0 Å². The number of anilines is 1. The maximum absolute atomic E-state index is 12.3. The van der Waals surface area contributed by atoms with Crippen molar-refractivity contribution in [2.45, 2.75) is 0 Å². The number of para-hydroxylation sites is 1. The Hall–Kier alpha value is -3.02. The smallest absolute Gasteiger partial charge is 0.262 e. The number of fused-ring (bicyclic) bond motifs is 1. The second kappa shape index (κ2) is 7.04. The number of benzene rings is 2. The molecule has 124 valence electrons. The summed E-state index contributed by atoms with van der Waals surface area (Å²) < 4.78 is 11.0. The van der Waals surface area contributed by atoms with Gasteiger partial charge in [0.25, 0.3) is 11.8 Å². The molecule has 1 aliphatic heterocycles. The summed E-state index contributed by atoms with van der Waals surface area (Å²) in [5, 5.41) is 2.73. The van der Waals surface area contributed by atoms with E-state index in [2.05, 4.69) is 5.32 Å². The van der Waals surface area contributed by atoms with Crippen molar-refractivity contribution in [3.8, 4) is 11.5 Å². The van der Waals surface area contributed by atoms with Gasteiger partial charge < -0.3 is 19.7 Å². The van der Waals surface area contributed by atoms with Crippen LogP contribution in [0.1, 0.15) is 10.4 Å². The van der Waals surface area contributed by atoms with Gasteiger partial charge in [-0.15, -0.1) is 0 Å². The van der Waals surface area contributed by atoms with Gasteiger partial charge in [-0.25, -0.2) is 0 Å². The number of nitrogens with one attached hydrogen (secondary N) is 1. The van der Waals surface area contributed by atoms with Crippen LogP contribution in [0.15, 0.2) is 48.5 Å². The largest absolute Gasteiger partial charge is 0.491 e. The number of hydrogen-bond donors (Lipinski definition) is 1. The van der Waals surface area contributed by atoms with E-state index in [1.165, 1.54) is 0 Å². The third-order valence-electron chi connectivity index (χ3n) is 3.64. The van der Waals surface area contributed by atoms with Gasteiger partial charge in [0, 0.05) is 12.7 Å². The number of likely N-dealkylation sites (N-methyl/N-ethyl adjacent to an activating group) is 1. The lowest BCUT2D eigenvalue weighted by Crippen LogP contribution is -2.28. The normalized spacial score (nSPS) is 13.5. The molecule has 2 amide bonds. The minimum Gasteiger partial charge on any atom is -0.491 e. The zero-order valence-electron chi connectivity index (χ0n) is 13.3. The Bertz CT molecular complexity index is 746. The molecule has 2 aromatic rings. The number of carbonyl (C=O) groups is 2. The molecule has 3 rings (SSSR count). The van der Waals surface area contributed by atoms with Crippen LogP contribution in [0.4, 0.5) is 5.69 Å². The lowest BCUT2D eigenvalue weighted by Gasteiger charge is -2.13. The molecule has 0 saturated carbocycles. The van der Waals surface area contributed by atoms with Crippen LogP contribution in [0.2, 0.25) is 0 Å². The van der Waals surface area contributed by atoms with Gasteiger partial charge in [-0.2, -0.15) is 0 Å². The molecule has 1 aliphatic rings. The molecule has 0 radical (unpaired) electrons. The molecule has 0 unspecified atom stereocenters. The molecule has 0 atom stereocenters. The van der Waals surface area contributed by atoms with Gasteiger partial charge in [-0.1, -0.05) is 18.2 Å². The summed E-state index contributed by atoms with van der Waals surface area (Å²) in [5.41, 5.74) is 0.972. The summed E-state index contributed by atoms with van der Waals surface area (Å²) in [6.07, 6.45) is 0. The first-order chi connectivity index (χ1) is 11.6. The van der Waals surface area contributed by atoms with E-state index < -0.39 is 0 Å². The number of ether oxygens (including phenoxy) is 2. The van der Waals surface area contributed by atoms with E-state index >= 15 is 0 Å². The molecule has 0 aliphatic carbocycles. The first kappa shape index (κ1) is 15.9. The number of rotatable bonds is 4. The Balaban J connectivity index is 1.66. The number of amides is 2. The topological polar surface area (TPSA) is 67.9 Å². The Morgan fingerprint density at radius 1 is 1.25 bits per heavy atom. The molecule has 2 aromatic carbocycles. The van der Waals surface area contributed by atoms with Crippen molar-refractivity contribution in [1.82, 2.24) is 4.90 Å². The van der Waals surface area contributed by atoms with Crippen LogP contribution in [-0.2, 0) is 4.79 Å². The first-order valence-electron chi connectivity index (χ1n) is 7.63. The third-order valence-corrected chi connectivity index (χ3v) is 3.64. The minimum atomic E-state index is -0.297. The third kappa shape index (κ3) is 3.65. The molecular formula is C18H18N2O4. The zero-order valence-corrected chi connectivity index (χ0v) is 13.3. The van der Waals surface area contributed by atoms with E-state index in [-0.39, 0.29) is 18.4 Å². The molecule has 6 heteroatoms. The average molecular weight is 326 g/mol. The number of nitrogens with zero attached hydrogens (tertiary/aromatic N) is 1. The summed E-state index contributed by atoms with van der Waals surface area (Å²) in [5.74, 6) is 0.732. The van der Waals surface area contributed by atoms with Crippen LogP contribution in [0.3, 0.4) is 0 Å². The van der Waals surface area contributed by atoms with Gasteiger partial charge in [0.15, 0.2) is 6.61 Å². The molecule has 0 saturated heterocycles. The fourth-order valence-corrected chi connectivity index (χ4v) is 2.36. The highest BCUT2D eigenvalue weighted by Crippen LogP contribution is 2.26. The van der Waals surface area contributed by atoms with Crippen molar-refractivity contribution in [1.29, 1.82) is 0 Å². The average Bonchev–Trinajstić information content (AvgIpc) is 2.74. The van der Waals surface area contributed by atoms with Crippen molar-refractivity contribution in [2.24, 2.45) is 0 Å². The van der Waals surface area contributed by atoms with Gasteiger partial charge in [-0.3, -0.25) is 9.59 Å². The molecule has 1 heterocycles. The van der Waals surface area contributed by atoms with Crippen LogP contribution in [-0.4, -0.2) is 43.5 Å². The molecule has 0 aromatic heterocycles. The summed E-state index contributed by atoms with van der Waals surface area (Å²) in [7, 11) is 1.72. The van der Waals surface area contributed by atoms with Crippen molar-refractivity contribution >= 4 is 17.5 Å². The second-order valence-corrected chi connectivity index (χ2v) is 5.44. The monoisotopic (exact) mass is 326 g/mol. The summed E-state index contributed by atoms with van der Waals surface area (Å²) in [4.78, 5) is 25.9. The Morgan fingerprint density at radius 3 is 2.83 bits per heavy atom. The van der Waals surface area contributed by atoms with Crippen LogP contribution in [0.25, 0.3) is 0 Å². The predicted molar refractivity (Wildman–Crippen MR) is 89.5 cm³/mol. The summed E-state index contributed by atoms with van der Waals surface area (Å²) in [6, 6.07) is 14.1. The SMILES string of the molecule is CN1CCOc2ccc(NC(=O)COc3ccccc3)cc2C1=O. The van der Waals surface area contributed by atoms with Crippen LogP contribution in [0, 0.1) is 0 Å². The standard InChI is InChI=1S/C18H18N2O4/c1-20-9-10-23-16-8-7-13(11-15(16)18(20)22)19-17(21)12-24-14-5-3-2-4-6-14/h2-8,11H,9-10,12H2,1H3,(H,19,21). The Labute approximate surface area is 140 Å². The van der Waals surface area contributed by atoms with E-state index in [4.69, 9.17) is 9.47 Å². The fourth-order valence-electron chi connectivity index (χ4n) is 2.36. The van der Waals surface area contributed by atoms with Gasteiger partial charge in [0.1, 0.15) is 18.1 Å². The fraction of sp³-hybridized carbons (Fsp3) is 0.222. The van der Waals surface area contributed by atoms with E-state index in [0.717, 1.165) is 0 Å². The van der Waals surface area contributed by atoms with Crippen LogP contribution < -0.4 is 14.8 Å². The highest BCUT2D eigenvalue weighted by atomic mass is 16.5. The molecule has 1 N–H and O–H groups in total. The quantitative estimate of drug-likeness (QED) is 0.935. The Morgan fingerprint density at radius 2 is 2.04 bits per heavy atom. The molecular weight excluding hydrogens is 308 g/mol. The van der Waals surface area contributed by atoms with Gasteiger partial charge in [0.05, 0.1) is 12.1 Å². The number of hydrogen-bond acceptors (Lipinski definition) is 4. The van der Waals surface area contributed by atoms with Crippen molar-refractivity contribution in [2.75, 3.05) is 32.1 Å². The summed E-state index contributed by atoms with van der Waals surface area (Å²) in [6.45, 7) is 0.872. The summed E-state index contributed by atoms with van der Waals surface area (Å²) >= 11 is 0. The van der Waals surface area contributed by atoms with E-state index in [9.17, 15) is 9.59 Å². The molecule has 0 spiro atoms. The first-order valence-corrected chi connectivity index (χ1v) is 7.63. The Kier molecular flexibility index (Phi) is 4.65. The minimum absolute atomic E-state index is 0.106. The van der Waals surface area contributed by atoms with Crippen molar-refractivity contribution in [3.05, 3.63) is 54.1 Å². The molecule has 6 nitrogen and oxygen atoms in total. The number of carbonyl (C=O) groups excluding carboxylic acids is 2. The van der Waals surface area contributed by atoms with Crippen molar-refractivity contribution < 1.29 is 19.1 Å². The highest BCUT2D eigenvalue weighted by Gasteiger charge is 2.21. The lowest BCUT2D eigenvalue weighted by molar-refractivity contribution is -0.118. The van der Waals surface area contributed by atoms with Gasteiger partial charge >= 0.3 is 0 Å². The predicted octanol–water partition coefficient (Wildman–Crippen LogP) is 2.17. The van der Waals surface area contributed by atoms with Crippen molar-refractivity contribution in [3.63, 3.8) is 0 Å². The zero-order chi connectivity index (χ0) is 16.9. The lowest BCUT2D eigenvalue weighted by atomic mass is 10.1. The van der Waals surface area contributed by atoms with E-state index in [1.807, 2.05) is 18.2 Å². The van der Waals surface area contributed by atoms with E-state index in [1.54, 1.807) is 42.3 Å². The molecule has 24 heavy (non-hydrogen) atoms. The maximum atomic E-state index is 12.3. The molecule has 0 fully saturated rings. The van der Waals surface area contributed by atoms with Gasteiger partial charge in [-0.05, 0) is 30.3 Å².